The maximum absolute atomic E-state index is 11.7. The van der Waals surface area contributed by atoms with Crippen LogP contribution in [0.15, 0.2) is 6.07 Å². The molecule has 68 valence electrons. The Balaban J connectivity index is 2.44. The van der Waals surface area contributed by atoms with Gasteiger partial charge in [-0.1, -0.05) is 0 Å². The lowest BCUT2D eigenvalue weighted by Crippen LogP contribution is -2.08. The molecule has 0 saturated heterocycles. The molecule has 0 saturated carbocycles. The van der Waals surface area contributed by atoms with Gasteiger partial charge in [-0.2, -0.15) is 18.3 Å². The van der Waals surface area contributed by atoms with E-state index >= 15 is 0 Å². The molecule has 0 fully saturated rings. The Bertz CT molecular complexity index is 251. The highest BCUT2D eigenvalue weighted by Crippen LogP contribution is 2.21. The normalized spacial score (nSPS) is 12.0. The molecule has 2 nitrogen and oxygen atoms in total. The fraction of sp³-hybridized carbons (Fsp3) is 0.571. The van der Waals surface area contributed by atoms with Gasteiger partial charge in [0.25, 0.3) is 0 Å². The average molecular weight is 178 g/mol. The number of H-pyrrole nitrogens is 1. The minimum absolute atomic E-state index is 0.0478. The number of hydrogen-bond donors (Lipinski definition) is 1. The van der Waals surface area contributed by atoms with Crippen molar-refractivity contribution in [2.45, 2.75) is 25.9 Å². The number of halogens is 3. The van der Waals surface area contributed by atoms with Gasteiger partial charge in [-0.05, 0) is 13.0 Å². The molecule has 1 aromatic rings. The number of nitrogens with zero attached hydrogens (tertiary/aromatic N) is 1. The molecule has 0 spiro atoms. The Hall–Kier alpha value is -1.00. The first-order valence-electron chi connectivity index (χ1n) is 3.55. The van der Waals surface area contributed by atoms with Crippen LogP contribution in [0.2, 0.25) is 0 Å². The lowest BCUT2D eigenvalue weighted by molar-refractivity contribution is -0.134. The fourth-order valence-corrected chi connectivity index (χ4v) is 0.872. The van der Waals surface area contributed by atoms with E-state index in [9.17, 15) is 13.2 Å². The number of aromatic nitrogens is 2. The standard InChI is InChI=1S/C7H9F3N2/c1-5-4-6(12-11-5)2-3-7(8,9)10/h4H,2-3H2,1H3,(H,11,12). The monoisotopic (exact) mass is 178 g/mol. The largest absolute Gasteiger partial charge is 0.389 e. The maximum Gasteiger partial charge on any atom is 0.389 e. The number of aromatic amines is 1. The van der Waals surface area contributed by atoms with Gasteiger partial charge in [0.2, 0.25) is 0 Å². The van der Waals surface area contributed by atoms with E-state index in [0.717, 1.165) is 5.69 Å². The van der Waals surface area contributed by atoms with Crippen LogP contribution >= 0.6 is 0 Å². The van der Waals surface area contributed by atoms with Crippen molar-refractivity contribution in [3.63, 3.8) is 0 Å². The molecule has 0 aliphatic heterocycles. The molecule has 0 bridgehead atoms. The number of rotatable bonds is 2. The van der Waals surface area contributed by atoms with Crippen LogP contribution in [0.25, 0.3) is 0 Å². The Kier molecular flexibility index (Phi) is 2.40. The summed E-state index contributed by atoms with van der Waals surface area (Å²) in [4.78, 5) is 0. The predicted octanol–water partition coefficient (Wildman–Crippen LogP) is 2.21. The zero-order valence-electron chi connectivity index (χ0n) is 6.57. The quantitative estimate of drug-likeness (QED) is 0.738. The minimum Gasteiger partial charge on any atom is -0.283 e. The lowest BCUT2D eigenvalue weighted by atomic mass is 10.2. The van der Waals surface area contributed by atoms with Crippen LogP contribution in [0, 0.1) is 6.92 Å². The van der Waals surface area contributed by atoms with Crippen LogP contribution in [0.1, 0.15) is 17.8 Å². The van der Waals surface area contributed by atoms with E-state index in [1.165, 1.54) is 0 Å². The van der Waals surface area contributed by atoms with Crippen molar-refractivity contribution in [3.05, 3.63) is 17.5 Å². The fourth-order valence-electron chi connectivity index (χ4n) is 0.872. The zero-order valence-corrected chi connectivity index (χ0v) is 6.57. The smallest absolute Gasteiger partial charge is 0.283 e. The predicted molar refractivity (Wildman–Crippen MR) is 37.7 cm³/mol. The molecular weight excluding hydrogens is 169 g/mol. The molecule has 1 heterocycles. The number of aryl methyl sites for hydroxylation is 2. The van der Waals surface area contributed by atoms with Crippen molar-refractivity contribution in [2.24, 2.45) is 0 Å². The Morgan fingerprint density at radius 1 is 1.50 bits per heavy atom. The molecule has 0 atom stereocenters. The van der Waals surface area contributed by atoms with Crippen molar-refractivity contribution in [1.29, 1.82) is 0 Å². The van der Waals surface area contributed by atoms with Crippen LogP contribution in [0.5, 0.6) is 0 Å². The molecule has 1 rings (SSSR count). The van der Waals surface area contributed by atoms with Crippen molar-refractivity contribution < 1.29 is 13.2 Å². The molecule has 1 N–H and O–H groups in total. The Morgan fingerprint density at radius 2 is 2.17 bits per heavy atom. The summed E-state index contributed by atoms with van der Waals surface area (Å²) in [5, 5.41) is 6.28. The van der Waals surface area contributed by atoms with Gasteiger partial charge in [0.15, 0.2) is 0 Å². The third kappa shape index (κ3) is 2.94. The maximum atomic E-state index is 11.7. The van der Waals surface area contributed by atoms with Gasteiger partial charge in [0, 0.05) is 18.5 Å². The first kappa shape index (κ1) is 9.09. The van der Waals surface area contributed by atoms with Gasteiger partial charge in [-0.25, -0.2) is 0 Å². The van der Waals surface area contributed by atoms with E-state index in [1.807, 2.05) is 0 Å². The summed E-state index contributed by atoms with van der Waals surface area (Å²) >= 11 is 0. The minimum atomic E-state index is -4.09. The van der Waals surface area contributed by atoms with Crippen LogP contribution in [-0.4, -0.2) is 16.4 Å². The molecule has 1 aromatic heterocycles. The van der Waals surface area contributed by atoms with Crippen molar-refractivity contribution in [3.8, 4) is 0 Å². The highest BCUT2D eigenvalue weighted by Gasteiger charge is 2.26. The van der Waals surface area contributed by atoms with Gasteiger partial charge in [0.05, 0.1) is 5.69 Å². The summed E-state index contributed by atoms with van der Waals surface area (Å²) in [6.07, 6.45) is -4.95. The molecule has 0 unspecified atom stereocenters. The van der Waals surface area contributed by atoms with Gasteiger partial charge < -0.3 is 0 Å². The van der Waals surface area contributed by atoms with E-state index in [1.54, 1.807) is 13.0 Å². The number of nitrogens with one attached hydrogen (secondary N) is 1. The Morgan fingerprint density at radius 3 is 2.58 bits per heavy atom. The van der Waals surface area contributed by atoms with E-state index in [-0.39, 0.29) is 6.42 Å². The van der Waals surface area contributed by atoms with Gasteiger partial charge in [-0.3, -0.25) is 5.10 Å². The first-order chi connectivity index (χ1) is 5.47. The highest BCUT2D eigenvalue weighted by atomic mass is 19.4. The van der Waals surface area contributed by atoms with Crippen molar-refractivity contribution in [1.82, 2.24) is 10.2 Å². The molecular formula is C7H9F3N2. The molecule has 0 aliphatic rings. The summed E-state index contributed by atoms with van der Waals surface area (Å²) in [6, 6.07) is 1.62. The van der Waals surface area contributed by atoms with Crippen molar-refractivity contribution in [2.75, 3.05) is 0 Å². The van der Waals surface area contributed by atoms with E-state index in [4.69, 9.17) is 0 Å². The van der Waals surface area contributed by atoms with Gasteiger partial charge in [0.1, 0.15) is 0 Å². The van der Waals surface area contributed by atoms with E-state index < -0.39 is 12.6 Å². The molecule has 0 amide bonds. The molecule has 12 heavy (non-hydrogen) atoms. The first-order valence-corrected chi connectivity index (χ1v) is 3.55. The van der Waals surface area contributed by atoms with Gasteiger partial charge in [-0.15, -0.1) is 0 Å². The van der Waals surface area contributed by atoms with Crippen LogP contribution < -0.4 is 0 Å². The molecule has 0 aromatic carbocycles. The molecule has 5 heteroatoms. The third-order valence-corrected chi connectivity index (χ3v) is 1.42. The average Bonchev–Trinajstić information content (AvgIpc) is 2.30. The SMILES string of the molecule is Cc1cc(CCC(F)(F)F)n[nH]1. The number of alkyl halides is 3. The van der Waals surface area contributed by atoms with Gasteiger partial charge >= 0.3 is 6.18 Å². The Labute approximate surface area is 67.8 Å². The summed E-state index contributed by atoms with van der Waals surface area (Å²) < 4.78 is 35.1. The van der Waals surface area contributed by atoms with Crippen LogP contribution in [0.3, 0.4) is 0 Å². The third-order valence-electron chi connectivity index (χ3n) is 1.42. The summed E-state index contributed by atoms with van der Waals surface area (Å²) in [5.41, 5.74) is 1.25. The molecule has 0 aliphatic carbocycles. The number of hydrogen-bond acceptors (Lipinski definition) is 1. The lowest BCUT2D eigenvalue weighted by Gasteiger charge is -2.02. The summed E-state index contributed by atoms with van der Waals surface area (Å²) in [6.45, 7) is 1.75. The second-order valence-corrected chi connectivity index (χ2v) is 2.66. The molecule has 0 radical (unpaired) electrons. The second kappa shape index (κ2) is 3.16. The second-order valence-electron chi connectivity index (χ2n) is 2.66. The summed E-state index contributed by atoms with van der Waals surface area (Å²) in [7, 11) is 0. The van der Waals surface area contributed by atoms with Crippen LogP contribution in [-0.2, 0) is 6.42 Å². The van der Waals surface area contributed by atoms with E-state index in [0.29, 0.717) is 5.69 Å². The highest BCUT2D eigenvalue weighted by molar-refractivity contribution is 5.06. The van der Waals surface area contributed by atoms with Crippen molar-refractivity contribution >= 4 is 0 Å². The topological polar surface area (TPSA) is 28.7 Å². The zero-order chi connectivity index (χ0) is 9.19. The van der Waals surface area contributed by atoms with E-state index in [2.05, 4.69) is 10.2 Å². The van der Waals surface area contributed by atoms with Crippen LogP contribution in [0.4, 0.5) is 13.2 Å². The summed E-state index contributed by atoms with van der Waals surface area (Å²) in [5.74, 6) is 0.